The molecule has 25 heavy (non-hydrogen) atoms. The maximum absolute atomic E-state index is 15.3. The number of aliphatic imine (C=N–C) groups is 1. The normalized spacial score (nSPS) is 21.2. The van der Waals surface area contributed by atoms with Crippen molar-refractivity contribution in [1.29, 1.82) is 0 Å². The van der Waals surface area contributed by atoms with Crippen LogP contribution in [0.5, 0.6) is 0 Å². The third kappa shape index (κ3) is 3.62. The minimum atomic E-state index is -3.00. The van der Waals surface area contributed by atoms with E-state index in [0.29, 0.717) is 5.56 Å². The van der Waals surface area contributed by atoms with Gasteiger partial charge in [0.2, 0.25) is 0 Å². The standard InChI is InChI=1S/C19H14F2N2OS/c1-14-23-17(10-11-22-19(24)15-6-3-2-4-7-15)13-25(14,21)18-9-5-8-16(20)12-18/h2-9,12-13H,1H3,(H,22,24). The smallest absolute Gasteiger partial charge is 0.262 e. The monoisotopic (exact) mass is 356 g/mol. The summed E-state index contributed by atoms with van der Waals surface area (Å²) in [4.78, 5) is 16.2. The number of allylic oxidation sites excluding steroid dienone is 1. The molecule has 126 valence electrons. The zero-order chi connectivity index (χ0) is 17.9. The van der Waals surface area contributed by atoms with Crippen LogP contribution in [0.15, 0.2) is 75.6 Å². The fourth-order valence-electron chi connectivity index (χ4n) is 2.26. The van der Waals surface area contributed by atoms with Crippen molar-refractivity contribution < 1.29 is 13.1 Å². The van der Waals surface area contributed by atoms with Crippen molar-refractivity contribution >= 4 is 21.4 Å². The molecule has 0 bridgehead atoms. The molecule has 1 amide bonds. The van der Waals surface area contributed by atoms with Gasteiger partial charge in [-0.05, 0) is 53.6 Å². The number of halogens is 2. The van der Waals surface area contributed by atoms with E-state index in [0.717, 1.165) is 0 Å². The number of nitrogens with zero attached hydrogens (tertiary/aromatic N) is 1. The van der Waals surface area contributed by atoms with Crippen molar-refractivity contribution in [2.45, 2.75) is 11.8 Å². The number of carbonyl (C=O) groups is 1. The minimum absolute atomic E-state index is 0.215. The summed E-state index contributed by atoms with van der Waals surface area (Å²) in [7, 11) is -3.00. The van der Waals surface area contributed by atoms with Gasteiger partial charge in [0.15, 0.2) is 0 Å². The Morgan fingerprint density at radius 3 is 2.64 bits per heavy atom. The van der Waals surface area contributed by atoms with Crippen LogP contribution in [0, 0.1) is 17.8 Å². The molecule has 1 N–H and O–H groups in total. The Hall–Kier alpha value is -2.91. The number of hydrogen-bond acceptors (Lipinski definition) is 2. The molecule has 2 aromatic carbocycles. The zero-order valence-corrected chi connectivity index (χ0v) is 14.1. The van der Waals surface area contributed by atoms with E-state index in [1.807, 2.05) is 0 Å². The Labute approximate surface area is 146 Å². The zero-order valence-electron chi connectivity index (χ0n) is 13.3. The summed E-state index contributed by atoms with van der Waals surface area (Å²) in [6.07, 6.45) is 0. The van der Waals surface area contributed by atoms with Crippen molar-refractivity contribution in [3.8, 4) is 12.0 Å². The molecule has 0 fully saturated rings. The number of hydrogen-bond donors (Lipinski definition) is 1. The minimum Gasteiger partial charge on any atom is -0.281 e. The van der Waals surface area contributed by atoms with Gasteiger partial charge in [-0.2, -0.15) is 3.89 Å². The Balaban J connectivity index is 1.78. The lowest BCUT2D eigenvalue weighted by Gasteiger charge is -2.23. The van der Waals surface area contributed by atoms with E-state index in [1.165, 1.54) is 29.7 Å². The predicted molar refractivity (Wildman–Crippen MR) is 96.2 cm³/mol. The second kappa shape index (κ2) is 6.91. The van der Waals surface area contributed by atoms with Gasteiger partial charge in [0.05, 0.1) is 5.04 Å². The molecule has 1 aliphatic heterocycles. The highest BCUT2D eigenvalue weighted by molar-refractivity contribution is 8.44. The lowest BCUT2D eigenvalue weighted by Crippen LogP contribution is -2.17. The van der Waals surface area contributed by atoms with Gasteiger partial charge >= 0.3 is 0 Å². The SMILES string of the molecule is CC1=NC(C#CNC(=O)c2ccccc2)=CS1(F)c1cccc(F)c1. The first kappa shape index (κ1) is 16.9. The third-order valence-electron chi connectivity index (χ3n) is 3.52. The molecular weight excluding hydrogens is 342 g/mol. The average Bonchev–Trinajstić information content (AvgIpc) is 2.91. The van der Waals surface area contributed by atoms with Crippen LogP contribution in [0.4, 0.5) is 8.28 Å². The van der Waals surface area contributed by atoms with Gasteiger partial charge in [0.1, 0.15) is 11.5 Å². The summed E-state index contributed by atoms with van der Waals surface area (Å²) in [6, 6.07) is 16.5. The molecule has 1 heterocycles. The second-order valence-corrected chi connectivity index (χ2v) is 7.70. The molecule has 1 aliphatic rings. The quantitative estimate of drug-likeness (QED) is 0.623. The maximum atomic E-state index is 15.3. The van der Waals surface area contributed by atoms with Crippen LogP contribution in [-0.4, -0.2) is 11.0 Å². The molecule has 0 spiro atoms. The summed E-state index contributed by atoms with van der Waals surface area (Å²) in [5.74, 6) is 1.78. The number of rotatable bonds is 2. The maximum Gasteiger partial charge on any atom is 0.262 e. The molecule has 3 rings (SSSR count). The fourth-order valence-corrected chi connectivity index (χ4v) is 4.12. The number of benzene rings is 2. The van der Waals surface area contributed by atoms with E-state index < -0.39 is 16.2 Å². The van der Waals surface area contributed by atoms with Crippen LogP contribution < -0.4 is 5.32 Å². The second-order valence-electron chi connectivity index (χ2n) is 5.24. The summed E-state index contributed by atoms with van der Waals surface area (Å²) in [5.41, 5.74) is 0.690. The summed E-state index contributed by atoms with van der Waals surface area (Å²) >= 11 is 0. The van der Waals surface area contributed by atoms with E-state index in [9.17, 15) is 9.18 Å². The number of nitrogens with one attached hydrogen (secondary N) is 1. The van der Waals surface area contributed by atoms with Gasteiger partial charge in [-0.15, -0.1) is 0 Å². The Morgan fingerprint density at radius 2 is 1.92 bits per heavy atom. The first-order valence-corrected chi connectivity index (χ1v) is 9.01. The predicted octanol–water partition coefficient (Wildman–Crippen LogP) is 4.54. The van der Waals surface area contributed by atoms with Gasteiger partial charge < -0.3 is 0 Å². The number of amides is 1. The van der Waals surface area contributed by atoms with E-state index in [-0.39, 0.29) is 21.5 Å². The van der Waals surface area contributed by atoms with Crippen molar-refractivity contribution in [2.24, 2.45) is 4.99 Å². The van der Waals surface area contributed by atoms with Gasteiger partial charge in [-0.25, -0.2) is 9.38 Å². The fraction of sp³-hybridized carbons (Fsp3) is 0.0526. The van der Waals surface area contributed by atoms with Crippen LogP contribution in [0.1, 0.15) is 17.3 Å². The van der Waals surface area contributed by atoms with Crippen molar-refractivity contribution in [1.82, 2.24) is 5.32 Å². The third-order valence-corrected chi connectivity index (χ3v) is 5.96. The molecule has 0 aliphatic carbocycles. The van der Waals surface area contributed by atoms with E-state index >= 15 is 3.89 Å². The Bertz CT molecular complexity index is 945. The lowest BCUT2D eigenvalue weighted by molar-refractivity contribution is 0.0973. The van der Waals surface area contributed by atoms with Gasteiger partial charge in [-0.3, -0.25) is 10.1 Å². The first-order chi connectivity index (χ1) is 12.0. The van der Waals surface area contributed by atoms with Gasteiger partial charge in [-0.1, -0.05) is 24.3 Å². The highest BCUT2D eigenvalue weighted by Crippen LogP contribution is 2.63. The van der Waals surface area contributed by atoms with Crippen molar-refractivity contribution in [2.75, 3.05) is 0 Å². The van der Waals surface area contributed by atoms with E-state index in [1.54, 1.807) is 37.3 Å². The molecule has 0 radical (unpaired) electrons. The molecular formula is C19H14F2N2OS. The van der Waals surface area contributed by atoms with Crippen LogP contribution >= 0.6 is 10.4 Å². The molecule has 1 unspecified atom stereocenters. The highest BCUT2D eigenvalue weighted by atomic mass is 32.3. The Kier molecular flexibility index (Phi) is 4.68. The molecule has 0 saturated heterocycles. The highest BCUT2D eigenvalue weighted by Gasteiger charge is 2.32. The molecule has 6 heteroatoms. The lowest BCUT2D eigenvalue weighted by atomic mass is 10.2. The van der Waals surface area contributed by atoms with Crippen LogP contribution in [0.25, 0.3) is 0 Å². The molecule has 0 saturated carbocycles. The summed E-state index contributed by atoms with van der Waals surface area (Å²) in [6.45, 7) is 1.55. The van der Waals surface area contributed by atoms with Gasteiger partial charge in [0, 0.05) is 21.9 Å². The van der Waals surface area contributed by atoms with Crippen LogP contribution in [-0.2, 0) is 0 Å². The summed E-state index contributed by atoms with van der Waals surface area (Å²) in [5, 5.41) is 3.98. The van der Waals surface area contributed by atoms with Crippen molar-refractivity contribution in [3.05, 3.63) is 77.1 Å². The number of carbonyl (C=O) groups excluding carboxylic acids is 1. The molecule has 3 nitrogen and oxygen atoms in total. The first-order valence-electron chi connectivity index (χ1n) is 7.41. The summed E-state index contributed by atoms with van der Waals surface area (Å²) < 4.78 is 28.7. The van der Waals surface area contributed by atoms with Crippen LogP contribution in [0.3, 0.4) is 0 Å². The van der Waals surface area contributed by atoms with Gasteiger partial charge in [0.25, 0.3) is 5.91 Å². The van der Waals surface area contributed by atoms with E-state index in [4.69, 9.17) is 0 Å². The molecule has 1 atom stereocenters. The topological polar surface area (TPSA) is 41.5 Å². The van der Waals surface area contributed by atoms with Crippen LogP contribution in [0.2, 0.25) is 0 Å². The Morgan fingerprint density at radius 1 is 1.16 bits per heavy atom. The molecule has 2 aromatic rings. The average molecular weight is 356 g/mol. The largest absolute Gasteiger partial charge is 0.281 e. The molecule has 0 aromatic heterocycles. The van der Waals surface area contributed by atoms with Crippen molar-refractivity contribution in [3.63, 3.8) is 0 Å². The van der Waals surface area contributed by atoms with E-state index in [2.05, 4.69) is 22.3 Å².